The Morgan fingerprint density at radius 3 is 2.69 bits per heavy atom. The highest BCUT2D eigenvalue weighted by Gasteiger charge is 2.02. The lowest BCUT2D eigenvalue weighted by Crippen LogP contribution is -2.11. The second-order valence-corrected chi connectivity index (χ2v) is 3.98. The first kappa shape index (κ1) is 12.9. The van der Waals surface area contributed by atoms with Gasteiger partial charge in [-0.1, -0.05) is 12.2 Å². The predicted molar refractivity (Wildman–Crippen MR) is 69.1 cm³/mol. The average molecular weight is 239 g/mol. The topological polar surface area (TPSA) is 44.5 Å². The summed E-state index contributed by atoms with van der Waals surface area (Å²) in [7, 11) is 1.68. The summed E-state index contributed by atoms with van der Waals surface area (Å²) in [4.78, 5) is 0.420. The summed E-state index contributed by atoms with van der Waals surface area (Å²) >= 11 is 4.94. The number of hydrogen-bond donors (Lipinski definition) is 1. The fourth-order valence-corrected chi connectivity index (χ4v) is 1.62. The fourth-order valence-electron chi connectivity index (χ4n) is 1.40. The number of nitrogens with two attached hydrogens (primary N) is 1. The van der Waals surface area contributed by atoms with Crippen molar-refractivity contribution in [3.05, 3.63) is 29.3 Å². The molecule has 0 saturated heterocycles. The van der Waals surface area contributed by atoms with Gasteiger partial charge in [0, 0.05) is 25.7 Å². The Kier molecular flexibility index (Phi) is 5.22. The molecule has 0 heterocycles. The molecule has 0 amide bonds. The summed E-state index contributed by atoms with van der Waals surface area (Å²) in [6.07, 6.45) is 0.882. The van der Waals surface area contributed by atoms with E-state index in [9.17, 15) is 0 Å². The van der Waals surface area contributed by atoms with Gasteiger partial charge in [0.05, 0.1) is 6.61 Å². The monoisotopic (exact) mass is 239 g/mol. The van der Waals surface area contributed by atoms with Crippen LogP contribution in [-0.2, 0) is 4.74 Å². The number of benzene rings is 1. The lowest BCUT2D eigenvalue weighted by molar-refractivity contribution is 0.172. The van der Waals surface area contributed by atoms with Gasteiger partial charge in [0.1, 0.15) is 10.7 Å². The SMILES string of the molecule is COCCCOc1ccc(C(N)=S)c(C)c1. The number of hydrogen-bond acceptors (Lipinski definition) is 3. The van der Waals surface area contributed by atoms with E-state index in [4.69, 9.17) is 27.4 Å². The minimum absolute atomic E-state index is 0.420. The molecular weight excluding hydrogens is 222 g/mol. The summed E-state index contributed by atoms with van der Waals surface area (Å²) in [6.45, 7) is 3.33. The van der Waals surface area contributed by atoms with E-state index < -0.39 is 0 Å². The Morgan fingerprint density at radius 2 is 2.12 bits per heavy atom. The zero-order valence-corrected chi connectivity index (χ0v) is 10.5. The standard InChI is InChI=1S/C12H17NO2S/c1-9-8-10(15-7-3-6-14-2)4-5-11(9)12(13)16/h4-5,8H,3,6-7H2,1-2H3,(H2,13,16). The van der Waals surface area contributed by atoms with Gasteiger partial charge in [-0.05, 0) is 30.7 Å². The molecule has 0 aromatic heterocycles. The van der Waals surface area contributed by atoms with Crippen molar-refractivity contribution in [2.75, 3.05) is 20.3 Å². The van der Waals surface area contributed by atoms with E-state index in [2.05, 4.69) is 0 Å². The highest BCUT2D eigenvalue weighted by Crippen LogP contribution is 2.17. The Hall–Kier alpha value is -1.13. The van der Waals surface area contributed by atoms with Gasteiger partial charge in [0.25, 0.3) is 0 Å². The molecule has 0 aliphatic carbocycles. The molecule has 0 spiro atoms. The van der Waals surface area contributed by atoms with E-state index >= 15 is 0 Å². The lowest BCUT2D eigenvalue weighted by Gasteiger charge is -2.09. The van der Waals surface area contributed by atoms with Gasteiger partial charge in [-0.25, -0.2) is 0 Å². The molecule has 0 unspecified atom stereocenters. The minimum Gasteiger partial charge on any atom is -0.493 e. The molecule has 0 bridgehead atoms. The number of aryl methyl sites for hydroxylation is 1. The third-order valence-corrected chi connectivity index (χ3v) is 2.44. The summed E-state index contributed by atoms with van der Waals surface area (Å²) in [5, 5.41) is 0. The third kappa shape index (κ3) is 3.79. The predicted octanol–water partition coefficient (Wildman–Crippen LogP) is 2.04. The molecule has 0 saturated carbocycles. The quantitative estimate of drug-likeness (QED) is 0.609. The second-order valence-electron chi connectivity index (χ2n) is 3.54. The zero-order chi connectivity index (χ0) is 12.0. The molecule has 1 aromatic carbocycles. The highest BCUT2D eigenvalue weighted by molar-refractivity contribution is 7.80. The molecule has 0 radical (unpaired) electrons. The van der Waals surface area contributed by atoms with Crippen molar-refractivity contribution >= 4 is 17.2 Å². The van der Waals surface area contributed by atoms with E-state index in [0.29, 0.717) is 18.2 Å². The van der Waals surface area contributed by atoms with Crippen LogP contribution in [0.1, 0.15) is 17.5 Å². The van der Waals surface area contributed by atoms with Crippen molar-refractivity contribution in [1.29, 1.82) is 0 Å². The summed E-state index contributed by atoms with van der Waals surface area (Å²) in [5.41, 5.74) is 7.52. The largest absolute Gasteiger partial charge is 0.493 e. The molecule has 88 valence electrons. The van der Waals surface area contributed by atoms with E-state index in [0.717, 1.165) is 23.3 Å². The van der Waals surface area contributed by atoms with Crippen LogP contribution < -0.4 is 10.5 Å². The number of rotatable bonds is 6. The molecule has 4 heteroatoms. The first-order valence-electron chi connectivity index (χ1n) is 5.17. The maximum atomic E-state index is 5.58. The maximum Gasteiger partial charge on any atom is 0.119 e. The van der Waals surface area contributed by atoms with E-state index in [-0.39, 0.29) is 0 Å². The van der Waals surface area contributed by atoms with Crippen molar-refractivity contribution in [2.45, 2.75) is 13.3 Å². The molecule has 0 aliphatic rings. The van der Waals surface area contributed by atoms with Gasteiger partial charge in [-0.2, -0.15) is 0 Å². The highest BCUT2D eigenvalue weighted by atomic mass is 32.1. The van der Waals surface area contributed by atoms with Crippen molar-refractivity contribution in [3.8, 4) is 5.75 Å². The van der Waals surface area contributed by atoms with Gasteiger partial charge in [-0.15, -0.1) is 0 Å². The van der Waals surface area contributed by atoms with Crippen molar-refractivity contribution in [2.24, 2.45) is 5.73 Å². The zero-order valence-electron chi connectivity index (χ0n) is 9.66. The third-order valence-electron chi connectivity index (χ3n) is 2.22. The van der Waals surface area contributed by atoms with Crippen LogP contribution in [0.25, 0.3) is 0 Å². The number of methoxy groups -OCH3 is 1. The van der Waals surface area contributed by atoms with Crippen molar-refractivity contribution in [1.82, 2.24) is 0 Å². The van der Waals surface area contributed by atoms with Crippen molar-refractivity contribution < 1.29 is 9.47 Å². The minimum atomic E-state index is 0.420. The van der Waals surface area contributed by atoms with Crippen LogP contribution in [-0.4, -0.2) is 25.3 Å². The average Bonchev–Trinajstić information content (AvgIpc) is 2.24. The Morgan fingerprint density at radius 1 is 1.38 bits per heavy atom. The van der Waals surface area contributed by atoms with Gasteiger partial charge in [0.15, 0.2) is 0 Å². The Balaban J connectivity index is 2.56. The van der Waals surface area contributed by atoms with Gasteiger partial charge in [0.2, 0.25) is 0 Å². The molecule has 0 aliphatic heterocycles. The molecule has 0 atom stereocenters. The van der Waals surface area contributed by atoms with Crippen LogP contribution in [0.5, 0.6) is 5.75 Å². The summed E-state index contributed by atoms with van der Waals surface area (Å²) in [5.74, 6) is 0.841. The van der Waals surface area contributed by atoms with Crippen LogP contribution in [0.3, 0.4) is 0 Å². The molecule has 2 N–H and O–H groups in total. The molecule has 1 rings (SSSR count). The van der Waals surface area contributed by atoms with E-state index in [1.807, 2.05) is 25.1 Å². The smallest absolute Gasteiger partial charge is 0.119 e. The molecular formula is C12H17NO2S. The van der Waals surface area contributed by atoms with E-state index in [1.54, 1.807) is 7.11 Å². The maximum absolute atomic E-state index is 5.58. The second kappa shape index (κ2) is 6.45. The fraction of sp³-hybridized carbons (Fsp3) is 0.417. The summed E-state index contributed by atoms with van der Waals surface area (Å²) in [6, 6.07) is 5.72. The van der Waals surface area contributed by atoms with E-state index in [1.165, 1.54) is 0 Å². The molecule has 0 fully saturated rings. The normalized spacial score (nSPS) is 10.1. The lowest BCUT2D eigenvalue weighted by atomic mass is 10.1. The van der Waals surface area contributed by atoms with Gasteiger partial charge in [-0.3, -0.25) is 0 Å². The molecule has 16 heavy (non-hydrogen) atoms. The Bertz CT molecular complexity index is 366. The first-order valence-corrected chi connectivity index (χ1v) is 5.58. The van der Waals surface area contributed by atoms with Crippen LogP contribution in [0.15, 0.2) is 18.2 Å². The van der Waals surface area contributed by atoms with Crippen LogP contribution >= 0.6 is 12.2 Å². The summed E-state index contributed by atoms with van der Waals surface area (Å²) < 4.78 is 10.5. The molecule has 3 nitrogen and oxygen atoms in total. The number of ether oxygens (including phenoxy) is 2. The molecule has 1 aromatic rings. The van der Waals surface area contributed by atoms with Crippen molar-refractivity contribution in [3.63, 3.8) is 0 Å². The van der Waals surface area contributed by atoms with Gasteiger partial charge >= 0.3 is 0 Å². The van der Waals surface area contributed by atoms with Crippen LogP contribution in [0, 0.1) is 6.92 Å². The van der Waals surface area contributed by atoms with Crippen LogP contribution in [0.2, 0.25) is 0 Å². The van der Waals surface area contributed by atoms with Gasteiger partial charge < -0.3 is 15.2 Å². The first-order chi connectivity index (χ1) is 7.65. The Labute approximate surface area is 102 Å². The van der Waals surface area contributed by atoms with Crippen LogP contribution in [0.4, 0.5) is 0 Å². The number of thiocarbonyl (C=S) groups is 1.